The number of benzene rings is 4. The molecule has 0 unspecified atom stereocenters. The maximum atomic E-state index is 13.5. The molecule has 14 nitrogen and oxygen atoms in total. The van der Waals surface area contributed by atoms with Gasteiger partial charge in [-0.05, 0) is 174 Å². The number of Topliss-reactive ketones (excluding diaryl/α,β-unsaturated/α-hetero) is 2. The van der Waals surface area contributed by atoms with E-state index in [1.54, 1.807) is 41.5 Å². The molecule has 0 heterocycles. The first-order valence-electron chi connectivity index (χ1n) is 35.1. The van der Waals surface area contributed by atoms with Gasteiger partial charge in [0.25, 0.3) is 0 Å². The van der Waals surface area contributed by atoms with Gasteiger partial charge in [-0.1, -0.05) is 166 Å². The third kappa shape index (κ3) is 24.2. The second-order valence-electron chi connectivity index (χ2n) is 26.8. The summed E-state index contributed by atoms with van der Waals surface area (Å²) in [5.41, 5.74) is 9.60. The summed E-state index contributed by atoms with van der Waals surface area (Å²) in [6.07, 6.45) is 21.5. The first-order chi connectivity index (χ1) is 44.9. The Morgan fingerprint density at radius 2 is 0.543 bits per heavy atom. The lowest BCUT2D eigenvalue weighted by Crippen LogP contribution is -2.34. The van der Waals surface area contributed by atoms with E-state index in [-0.39, 0.29) is 75.6 Å². The van der Waals surface area contributed by atoms with Crippen LogP contribution in [-0.2, 0) is 99.1 Å². The highest BCUT2D eigenvalue weighted by Crippen LogP contribution is 2.42. The van der Waals surface area contributed by atoms with Crippen LogP contribution in [0.15, 0.2) is 72.8 Å². The number of carbonyl (C=O) groups excluding carboxylic acids is 6. The zero-order valence-corrected chi connectivity index (χ0v) is 59.4. The molecule has 5 rings (SSSR count). The quantitative estimate of drug-likeness (QED) is 0.0119. The zero-order valence-electron chi connectivity index (χ0n) is 59.4. The molecule has 0 saturated heterocycles. The van der Waals surface area contributed by atoms with Crippen LogP contribution in [0.3, 0.4) is 0 Å². The molecule has 0 aliphatic heterocycles. The van der Waals surface area contributed by atoms with Gasteiger partial charge in [0.05, 0.1) is 0 Å². The highest BCUT2D eigenvalue weighted by atomic mass is 16.6. The van der Waals surface area contributed by atoms with Gasteiger partial charge in [0, 0.05) is 36.8 Å². The van der Waals surface area contributed by atoms with Crippen molar-refractivity contribution in [2.75, 3.05) is 52.9 Å². The first-order valence-corrected chi connectivity index (χ1v) is 35.1. The largest absolute Gasteiger partial charge is 0.489 e. The molecule has 0 N–H and O–H groups in total. The van der Waals surface area contributed by atoms with Crippen molar-refractivity contribution < 1.29 is 66.7 Å². The van der Waals surface area contributed by atoms with Crippen LogP contribution in [0.25, 0.3) is 0 Å². The van der Waals surface area contributed by atoms with Crippen LogP contribution in [0.4, 0.5) is 0 Å². The molecule has 516 valence electrons. The molecule has 0 saturated carbocycles. The van der Waals surface area contributed by atoms with Crippen LogP contribution >= 0.6 is 0 Å². The highest BCUT2D eigenvalue weighted by molar-refractivity contribution is 6.02. The van der Waals surface area contributed by atoms with Gasteiger partial charge >= 0.3 is 23.9 Å². The average Bonchev–Trinajstić information content (AvgIpc) is 0.785. The summed E-state index contributed by atoms with van der Waals surface area (Å²) in [5, 5.41) is 0. The molecule has 8 bridgehead atoms. The summed E-state index contributed by atoms with van der Waals surface area (Å²) >= 11 is 0. The average molecular weight is 1300 g/mol. The van der Waals surface area contributed by atoms with Crippen molar-refractivity contribution in [1.82, 2.24) is 0 Å². The minimum Gasteiger partial charge on any atom is -0.489 e. The van der Waals surface area contributed by atoms with E-state index in [2.05, 4.69) is 89.4 Å². The molecule has 4 aromatic carbocycles. The number of fused-ring (bicyclic) bond motifs is 8. The number of esters is 4. The van der Waals surface area contributed by atoms with Crippen LogP contribution in [0.2, 0.25) is 0 Å². The van der Waals surface area contributed by atoms with Crippen molar-refractivity contribution in [2.45, 2.75) is 237 Å². The van der Waals surface area contributed by atoms with Gasteiger partial charge in [-0.25, -0.2) is 9.59 Å². The van der Waals surface area contributed by atoms with Crippen LogP contribution < -0.4 is 18.9 Å². The van der Waals surface area contributed by atoms with Crippen LogP contribution in [0.1, 0.15) is 253 Å². The predicted molar refractivity (Wildman–Crippen MR) is 373 cm³/mol. The van der Waals surface area contributed by atoms with Crippen molar-refractivity contribution in [3.8, 4) is 23.0 Å². The van der Waals surface area contributed by atoms with E-state index in [0.717, 1.165) is 195 Å². The van der Waals surface area contributed by atoms with Crippen LogP contribution in [0, 0.1) is 10.8 Å². The maximum Gasteiger partial charge on any atom is 0.333 e. The molecule has 0 radical (unpaired) electrons. The third-order valence-electron chi connectivity index (χ3n) is 17.7. The van der Waals surface area contributed by atoms with Crippen LogP contribution in [-0.4, -0.2) is 88.3 Å². The van der Waals surface area contributed by atoms with Crippen molar-refractivity contribution in [3.63, 3.8) is 0 Å². The second kappa shape index (κ2) is 39.6. The molecule has 4 aromatic rings. The Morgan fingerprint density at radius 1 is 0.330 bits per heavy atom. The second-order valence-corrected chi connectivity index (χ2v) is 26.8. The molecular formula is C80H112O14. The number of carbonyl (C=O) groups is 6. The van der Waals surface area contributed by atoms with E-state index < -0.39 is 34.7 Å². The van der Waals surface area contributed by atoms with E-state index in [1.165, 1.54) is 13.8 Å². The van der Waals surface area contributed by atoms with E-state index in [9.17, 15) is 28.8 Å². The normalized spacial score (nSPS) is 12.1. The number of aryl methyl sites for hydroxylation is 4. The molecule has 0 aromatic heterocycles. The van der Waals surface area contributed by atoms with Crippen molar-refractivity contribution in [1.29, 1.82) is 0 Å². The monoisotopic (exact) mass is 1300 g/mol. The zero-order chi connectivity index (χ0) is 68.8. The summed E-state index contributed by atoms with van der Waals surface area (Å²) in [6.45, 7) is 28.5. The number of ketones is 2. The van der Waals surface area contributed by atoms with Gasteiger partial charge in [-0.2, -0.15) is 0 Å². The molecule has 0 fully saturated rings. The highest BCUT2D eigenvalue weighted by Gasteiger charge is 2.36. The minimum atomic E-state index is -1.35. The molecule has 1 aliphatic carbocycles. The number of unbranched alkanes of at least 4 members (excludes halogenated alkanes) is 12. The van der Waals surface area contributed by atoms with Gasteiger partial charge in [0.1, 0.15) is 98.2 Å². The van der Waals surface area contributed by atoms with E-state index >= 15 is 0 Å². The van der Waals surface area contributed by atoms with Crippen LogP contribution in [0.5, 0.6) is 23.0 Å². The molecule has 0 spiro atoms. The molecular weight excluding hydrogens is 1180 g/mol. The Hall–Kier alpha value is -7.22. The van der Waals surface area contributed by atoms with Crippen molar-refractivity contribution in [3.05, 3.63) is 140 Å². The summed E-state index contributed by atoms with van der Waals surface area (Å²) in [5.74, 6) is -0.372. The maximum absolute atomic E-state index is 13.5. The Balaban J connectivity index is 1.95. The fourth-order valence-corrected chi connectivity index (χ4v) is 11.5. The standard InChI is InChI=1S/C80H112O14/c1-15-19-23-27-31-59-43-63-51-67-47-61(33-29-25-21-17-3)49-69(73(67)89-37-41-93-77(85)79(11,12)57(9)81)53-65-45-60(32-28-24-20-16-2)46-66(72(65)88-36-40-92-76(84)56(7)8)54-70-50-62(34-30-26-22-18-4)48-68(74(70)90-38-42-94-78(86)80(13,14)58(10)82)52-64(44-59)71(63)87-35-39-91-75(83)55(5)6/h43-50H,5,7,15-42,51-54H2,1-4,6,8-14H3. The summed E-state index contributed by atoms with van der Waals surface area (Å²) in [6, 6.07) is 18.0. The van der Waals surface area contributed by atoms with Gasteiger partial charge in [0.15, 0.2) is 0 Å². The topological polar surface area (TPSA) is 176 Å². The fourth-order valence-electron chi connectivity index (χ4n) is 11.5. The lowest BCUT2D eigenvalue weighted by atomic mass is 9.87. The third-order valence-corrected chi connectivity index (χ3v) is 17.7. The van der Waals surface area contributed by atoms with Gasteiger partial charge < -0.3 is 37.9 Å². The SMILES string of the molecule is C=C(C)C(=O)OCCOc1c2cc(CCCCCC)cc1Cc1cc(CCCCCC)cc(c1OCCOC(=O)C(C)(C)C(C)=O)Cc1cc(CCCCCC)cc(c1OCCOC(=O)C(=C)C)Cc1cc(CCCCCC)cc(c1OCCOC(=O)C(C)(C)C(C)=O)C2. The number of rotatable bonds is 42. The number of hydrogen-bond acceptors (Lipinski definition) is 14. The molecule has 0 amide bonds. The lowest BCUT2D eigenvalue weighted by molar-refractivity contribution is -0.159. The molecule has 14 heteroatoms. The van der Waals surface area contributed by atoms with Crippen molar-refractivity contribution in [2.24, 2.45) is 10.8 Å². The Labute approximate surface area is 563 Å². The van der Waals surface area contributed by atoms with Crippen molar-refractivity contribution >= 4 is 35.4 Å². The van der Waals surface area contributed by atoms with Gasteiger partial charge in [-0.3, -0.25) is 19.2 Å². The summed E-state index contributed by atoms with van der Waals surface area (Å²) in [7, 11) is 0. The Kier molecular flexibility index (Phi) is 32.6. The fraction of sp³-hybridized carbons (Fsp3) is 0.575. The summed E-state index contributed by atoms with van der Waals surface area (Å²) < 4.78 is 51.2. The smallest absolute Gasteiger partial charge is 0.333 e. The lowest BCUT2D eigenvalue weighted by Gasteiger charge is -2.25. The minimum absolute atomic E-state index is 0.0121. The van der Waals surface area contributed by atoms with E-state index in [4.69, 9.17) is 37.9 Å². The number of hydrogen-bond donors (Lipinski definition) is 0. The predicted octanol–water partition coefficient (Wildman–Crippen LogP) is 16.9. The molecule has 1 aliphatic rings. The van der Waals surface area contributed by atoms with Gasteiger partial charge in [0.2, 0.25) is 0 Å². The Bertz CT molecular complexity index is 2890. The molecule has 0 atom stereocenters. The van der Waals surface area contributed by atoms with E-state index in [0.29, 0.717) is 48.7 Å². The van der Waals surface area contributed by atoms with E-state index in [1.807, 2.05) is 0 Å². The number of ether oxygens (including phenoxy) is 8. The van der Waals surface area contributed by atoms with Gasteiger partial charge in [-0.15, -0.1) is 0 Å². The molecule has 94 heavy (non-hydrogen) atoms. The first kappa shape index (κ1) is 77.5. The summed E-state index contributed by atoms with van der Waals surface area (Å²) in [4.78, 5) is 78.0. The Morgan fingerprint density at radius 3 is 0.734 bits per heavy atom.